The number of amides is 2. The molecule has 5 rings (SSSR count). The number of furan rings is 1. The van der Waals surface area contributed by atoms with Gasteiger partial charge in [0.05, 0.1) is 5.69 Å². The molecule has 4 N–H and O–H groups in total. The highest BCUT2D eigenvalue weighted by Gasteiger charge is 2.24. The van der Waals surface area contributed by atoms with Crippen molar-refractivity contribution in [3.8, 4) is 17.0 Å². The van der Waals surface area contributed by atoms with Gasteiger partial charge < -0.3 is 20.2 Å². The topological polar surface area (TPSA) is 120 Å². The predicted molar refractivity (Wildman–Crippen MR) is 139 cm³/mol. The number of aryl methyl sites for hydroxylation is 2. The van der Waals surface area contributed by atoms with Crippen molar-refractivity contribution in [2.45, 2.75) is 13.8 Å². The highest BCUT2D eigenvalue weighted by molar-refractivity contribution is 6.30. The van der Waals surface area contributed by atoms with Gasteiger partial charge in [-0.2, -0.15) is 5.10 Å². The van der Waals surface area contributed by atoms with Crippen LogP contribution >= 0.6 is 11.6 Å². The van der Waals surface area contributed by atoms with Crippen molar-refractivity contribution in [1.82, 2.24) is 10.2 Å². The third kappa shape index (κ3) is 4.42. The van der Waals surface area contributed by atoms with Crippen LogP contribution in [-0.2, 0) is 0 Å². The quantitative estimate of drug-likeness (QED) is 0.225. The first kappa shape index (κ1) is 23.2. The summed E-state index contributed by atoms with van der Waals surface area (Å²) >= 11 is 5.92. The fourth-order valence-electron chi connectivity index (χ4n) is 4.08. The molecular formula is C27H21ClN4O4. The molecular weight excluding hydrogens is 480 g/mol. The number of carbonyl (C=O) groups excluding carboxylic acids is 2. The van der Waals surface area contributed by atoms with E-state index < -0.39 is 11.8 Å². The lowest BCUT2D eigenvalue weighted by atomic mass is 10.0. The van der Waals surface area contributed by atoms with E-state index in [9.17, 15) is 14.7 Å². The normalized spacial score (nSPS) is 11.0. The van der Waals surface area contributed by atoms with Gasteiger partial charge in [-0.1, -0.05) is 29.8 Å². The number of nitrogens with zero attached hydrogens (tertiary/aromatic N) is 1. The Labute approximate surface area is 210 Å². The van der Waals surface area contributed by atoms with Crippen molar-refractivity contribution in [2.75, 3.05) is 10.6 Å². The second-order valence-corrected chi connectivity index (χ2v) is 8.80. The molecule has 9 heteroatoms. The minimum atomic E-state index is -0.533. The van der Waals surface area contributed by atoms with Crippen molar-refractivity contribution < 1.29 is 19.1 Å². The molecule has 2 aromatic heterocycles. The summed E-state index contributed by atoms with van der Waals surface area (Å²) < 4.78 is 5.80. The Bertz CT molecular complexity index is 1600. The Hall–Kier alpha value is -4.56. The molecule has 0 aliphatic carbocycles. The van der Waals surface area contributed by atoms with Gasteiger partial charge in [0.1, 0.15) is 22.7 Å². The van der Waals surface area contributed by atoms with Crippen LogP contribution in [0.5, 0.6) is 5.75 Å². The zero-order valence-corrected chi connectivity index (χ0v) is 20.1. The molecule has 0 saturated heterocycles. The fourth-order valence-corrected chi connectivity index (χ4v) is 4.20. The molecule has 36 heavy (non-hydrogen) atoms. The zero-order chi connectivity index (χ0) is 25.4. The minimum absolute atomic E-state index is 0.0498. The Morgan fingerprint density at radius 3 is 2.47 bits per heavy atom. The Kier molecular flexibility index (Phi) is 5.95. The number of nitrogens with one attached hydrogen (secondary N) is 3. The van der Waals surface area contributed by atoms with Crippen LogP contribution in [0.2, 0.25) is 5.02 Å². The molecule has 0 unspecified atom stereocenters. The van der Waals surface area contributed by atoms with E-state index in [1.807, 2.05) is 19.9 Å². The molecule has 0 spiro atoms. The van der Waals surface area contributed by atoms with Crippen LogP contribution in [0.4, 0.5) is 11.4 Å². The number of carbonyl (C=O) groups is 2. The Morgan fingerprint density at radius 2 is 1.72 bits per heavy atom. The number of hydrogen-bond donors (Lipinski definition) is 4. The molecule has 5 aromatic rings. The van der Waals surface area contributed by atoms with E-state index in [4.69, 9.17) is 16.0 Å². The van der Waals surface area contributed by atoms with E-state index in [1.54, 1.807) is 60.7 Å². The molecule has 0 radical (unpaired) electrons. The maximum atomic E-state index is 13.2. The van der Waals surface area contributed by atoms with Crippen LogP contribution in [-0.4, -0.2) is 27.1 Å². The van der Waals surface area contributed by atoms with Gasteiger partial charge in [-0.05, 0) is 73.5 Å². The molecule has 8 nitrogen and oxygen atoms in total. The van der Waals surface area contributed by atoms with E-state index in [0.717, 1.165) is 11.1 Å². The maximum absolute atomic E-state index is 13.2. The highest BCUT2D eigenvalue weighted by Crippen LogP contribution is 2.34. The van der Waals surface area contributed by atoms with Crippen LogP contribution in [0.3, 0.4) is 0 Å². The summed E-state index contributed by atoms with van der Waals surface area (Å²) in [4.78, 5) is 26.2. The summed E-state index contributed by atoms with van der Waals surface area (Å²) in [6.07, 6.45) is 0. The number of hydrogen-bond acceptors (Lipinski definition) is 5. The molecule has 180 valence electrons. The largest absolute Gasteiger partial charge is 0.507 e. The van der Waals surface area contributed by atoms with Crippen LogP contribution < -0.4 is 10.6 Å². The second kappa shape index (κ2) is 9.24. The van der Waals surface area contributed by atoms with Crippen molar-refractivity contribution in [3.63, 3.8) is 0 Å². The number of phenolic OH excluding ortho intramolecular Hbond substituents is 1. The van der Waals surface area contributed by atoms with E-state index in [2.05, 4.69) is 20.8 Å². The van der Waals surface area contributed by atoms with E-state index in [1.165, 1.54) is 0 Å². The van der Waals surface area contributed by atoms with E-state index >= 15 is 0 Å². The number of aromatic amines is 1. The van der Waals surface area contributed by atoms with Gasteiger partial charge in [-0.15, -0.1) is 0 Å². The minimum Gasteiger partial charge on any atom is -0.507 e. The number of fused-ring (bicyclic) bond motifs is 1. The van der Waals surface area contributed by atoms with Crippen LogP contribution in [0, 0.1) is 13.8 Å². The lowest BCUT2D eigenvalue weighted by Gasteiger charge is -2.07. The first-order valence-electron chi connectivity index (χ1n) is 11.1. The van der Waals surface area contributed by atoms with E-state index in [-0.39, 0.29) is 22.9 Å². The summed E-state index contributed by atoms with van der Waals surface area (Å²) in [5.74, 6) is -1.03. The van der Waals surface area contributed by atoms with Crippen molar-refractivity contribution >= 4 is 45.8 Å². The third-order valence-electron chi connectivity index (χ3n) is 5.68. The number of H-pyrrole nitrogens is 1. The second-order valence-electron chi connectivity index (χ2n) is 8.36. The fraction of sp³-hybridized carbons (Fsp3) is 0.0741. The standard InChI is InChI=1S/C27H21ClN4O4/c1-14-11-15(2)23(21(33)12-14)19-13-20(32-31-19)26(34)30-24-18-5-3-4-6-22(18)36-25(24)27(35)29-17-9-7-16(28)8-10-17/h3-13,33H,1-2H3,(H,29,35)(H,30,34)(H,31,32). The molecule has 2 amide bonds. The average Bonchev–Trinajstić information content (AvgIpc) is 3.46. The van der Waals surface area contributed by atoms with Gasteiger partial charge in [0.25, 0.3) is 11.8 Å². The monoisotopic (exact) mass is 500 g/mol. The van der Waals surface area contributed by atoms with Gasteiger partial charge in [-0.3, -0.25) is 14.7 Å². The predicted octanol–water partition coefficient (Wildman–Crippen LogP) is 6.30. The third-order valence-corrected chi connectivity index (χ3v) is 5.93. The average molecular weight is 501 g/mol. The van der Waals surface area contributed by atoms with Crippen molar-refractivity contribution in [3.05, 3.63) is 94.3 Å². The number of aromatic hydroxyl groups is 1. The first-order chi connectivity index (χ1) is 17.3. The molecule has 2 heterocycles. The van der Waals surface area contributed by atoms with Crippen LogP contribution in [0.15, 0.2) is 71.1 Å². The summed E-state index contributed by atoms with van der Waals surface area (Å²) in [5, 5.41) is 24.0. The number of phenols is 1. The van der Waals surface area contributed by atoms with Gasteiger partial charge in [0, 0.05) is 21.7 Å². The number of benzene rings is 3. The summed E-state index contributed by atoms with van der Waals surface area (Å²) in [6, 6.07) is 18.8. The van der Waals surface area contributed by atoms with Gasteiger partial charge in [0.15, 0.2) is 0 Å². The number of halogens is 1. The molecule has 0 fully saturated rings. The maximum Gasteiger partial charge on any atom is 0.293 e. The molecule has 3 aromatic carbocycles. The molecule has 0 saturated carbocycles. The molecule has 0 aliphatic rings. The zero-order valence-electron chi connectivity index (χ0n) is 19.3. The lowest BCUT2D eigenvalue weighted by molar-refractivity contribution is 0.0999. The molecule has 0 bridgehead atoms. The number of para-hydroxylation sites is 1. The summed E-state index contributed by atoms with van der Waals surface area (Å²) in [5.41, 5.74) is 4.05. The number of anilines is 2. The summed E-state index contributed by atoms with van der Waals surface area (Å²) in [7, 11) is 0. The SMILES string of the molecule is Cc1cc(C)c(-c2cc(C(=O)Nc3c(C(=O)Nc4ccc(Cl)cc4)oc4ccccc34)[nH]n2)c(O)c1. The van der Waals surface area contributed by atoms with Gasteiger partial charge >= 0.3 is 0 Å². The van der Waals surface area contributed by atoms with Gasteiger partial charge in [-0.25, -0.2) is 0 Å². The Balaban J connectivity index is 1.46. The molecule has 0 aliphatic heterocycles. The van der Waals surface area contributed by atoms with Gasteiger partial charge in [0.2, 0.25) is 5.76 Å². The first-order valence-corrected chi connectivity index (χ1v) is 11.4. The smallest absolute Gasteiger partial charge is 0.293 e. The molecule has 0 atom stereocenters. The highest BCUT2D eigenvalue weighted by atomic mass is 35.5. The van der Waals surface area contributed by atoms with Crippen LogP contribution in [0.1, 0.15) is 32.2 Å². The summed E-state index contributed by atoms with van der Waals surface area (Å²) in [6.45, 7) is 3.75. The Morgan fingerprint density at radius 1 is 0.972 bits per heavy atom. The number of rotatable bonds is 5. The van der Waals surface area contributed by atoms with E-state index in [0.29, 0.717) is 32.9 Å². The van der Waals surface area contributed by atoms with Crippen molar-refractivity contribution in [1.29, 1.82) is 0 Å². The lowest BCUT2D eigenvalue weighted by Crippen LogP contribution is -2.17. The number of aromatic nitrogens is 2. The van der Waals surface area contributed by atoms with Crippen molar-refractivity contribution in [2.24, 2.45) is 0 Å². The van der Waals surface area contributed by atoms with Crippen LogP contribution in [0.25, 0.3) is 22.2 Å².